The third-order valence-corrected chi connectivity index (χ3v) is 6.80. The molecule has 0 aromatic heterocycles. The first kappa shape index (κ1) is 19.5. The van der Waals surface area contributed by atoms with Crippen molar-refractivity contribution in [3.05, 3.63) is 38.9 Å². The van der Waals surface area contributed by atoms with Gasteiger partial charge in [-0.3, -0.25) is 5.43 Å². The van der Waals surface area contributed by atoms with Gasteiger partial charge in [0.25, 0.3) is 0 Å². The van der Waals surface area contributed by atoms with Crippen LogP contribution < -0.4 is 31.2 Å². The van der Waals surface area contributed by atoms with Crippen LogP contribution >= 0.6 is 11.8 Å². The molecule has 3 unspecified atom stereocenters. The van der Waals surface area contributed by atoms with E-state index in [0.29, 0.717) is 11.4 Å². The van der Waals surface area contributed by atoms with E-state index in [0.717, 1.165) is 12.0 Å². The van der Waals surface area contributed by atoms with Gasteiger partial charge in [-0.05, 0) is 18.7 Å². The fourth-order valence-electron chi connectivity index (χ4n) is 4.22. The van der Waals surface area contributed by atoms with E-state index < -0.39 is 41.3 Å². The lowest BCUT2D eigenvalue weighted by molar-refractivity contribution is -0.995. The maximum Gasteiger partial charge on any atom is 0.491 e. The van der Waals surface area contributed by atoms with Crippen LogP contribution in [0, 0.1) is 18.6 Å². The minimum Gasteiger partial charge on any atom is -0.416 e. The number of esters is 1. The van der Waals surface area contributed by atoms with Crippen molar-refractivity contribution in [2.45, 2.75) is 19.3 Å². The maximum absolute atomic E-state index is 15.4. The SMILES string of the molecule is Cc1c(OC(=O)C(F)(F)F)c(F)c2c(c1F)=C1NC3C=2CN(N1)[N+]3(C)C1=CNCS1. The summed E-state index contributed by atoms with van der Waals surface area (Å²) in [6, 6.07) is 0. The highest BCUT2D eigenvalue weighted by Crippen LogP contribution is 2.42. The standard InChI is InChI=1S/C17H15F5N5O2S/c1-6-11(18)10-9(12(19)13(6)29-16(28)17(20,21)22)7-4-26-25-14(10)24-15(7)27(26,2)8-3-23-5-30-8/h3,15,23-25H,4-5H2,1-2H3/q+1. The summed E-state index contributed by atoms with van der Waals surface area (Å²) in [6.07, 6.45) is -4.02. The number of hydrogen-bond acceptors (Lipinski definition) is 7. The lowest BCUT2D eigenvalue weighted by Crippen LogP contribution is -2.71. The van der Waals surface area contributed by atoms with Gasteiger partial charge in [0.15, 0.2) is 11.6 Å². The molecule has 30 heavy (non-hydrogen) atoms. The van der Waals surface area contributed by atoms with Crippen LogP contribution in [0.4, 0.5) is 22.0 Å². The summed E-state index contributed by atoms with van der Waals surface area (Å²) in [7, 11) is 1.87. The van der Waals surface area contributed by atoms with Gasteiger partial charge in [-0.1, -0.05) is 5.12 Å². The zero-order valence-electron chi connectivity index (χ0n) is 15.6. The number of hydrogen-bond donors (Lipinski definition) is 3. The molecule has 5 rings (SSSR count). The van der Waals surface area contributed by atoms with E-state index >= 15 is 8.78 Å². The third-order valence-electron chi connectivity index (χ3n) is 5.71. The van der Waals surface area contributed by atoms with E-state index in [1.54, 1.807) is 16.9 Å². The first-order valence-corrected chi connectivity index (χ1v) is 9.82. The highest BCUT2D eigenvalue weighted by molar-refractivity contribution is 8.03. The molecule has 0 saturated carbocycles. The fourth-order valence-corrected chi connectivity index (χ4v) is 5.17. The molecular formula is C17H15F5N5O2S+. The quantitative estimate of drug-likeness (QED) is 0.258. The molecule has 3 atom stereocenters. The van der Waals surface area contributed by atoms with Crippen LogP contribution in [0.2, 0.25) is 0 Å². The van der Waals surface area contributed by atoms with E-state index in [2.05, 4.69) is 20.8 Å². The van der Waals surface area contributed by atoms with Crippen molar-refractivity contribution in [2.24, 2.45) is 0 Å². The monoisotopic (exact) mass is 448 g/mol. The second-order valence-corrected chi connectivity index (χ2v) is 8.33. The number of alkyl halides is 3. The first-order valence-electron chi connectivity index (χ1n) is 8.83. The number of nitrogens with one attached hydrogen (secondary N) is 3. The first-order chi connectivity index (χ1) is 14.0. The summed E-state index contributed by atoms with van der Waals surface area (Å²) in [5.74, 6) is -4.95. The lowest BCUT2D eigenvalue weighted by Gasteiger charge is -2.45. The molecule has 0 aliphatic carbocycles. The number of hydrazine groups is 1. The molecule has 160 valence electrons. The average Bonchev–Trinajstić information content (AvgIpc) is 3.21. The summed E-state index contributed by atoms with van der Waals surface area (Å²) in [4.78, 5) is 11.3. The Morgan fingerprint density at radius 1 is 1.30 bits per heavy atom. The number of nitrogens with zero attached hydrogens (tertiary/aromatic N) is 2. The third kappa shape index (κ3) is 2.36. The summed E-state index contributed by atoms with van der Waals surface area (Å²) in [5.41, 5.74) is 2.97. The Labute approximate surface area is 170 Å². The van der Waals surface area contributed by atoms with Gasteiger partial charge < -0.3 is 15.4 Å². The summed E-state index contributed by atoms with van der Waals surface area (Å²) < 4.78 is 73.0. The molecule has 0 radical (unpaired) electrons. The maximum atomic E-state index is 15.4. The number of carbonyl (C=O) groups is 1. The number of ether oxygens (including phenoxy) is 1. The molecule has 0 spiro atoms. The zero-order valence-corrected chi connectivity index (χ0v) is 16.4. The van der Waals surface area contributed by atoms with Crippen LogP contribution in [0.15, 0.2) is 11.2 Å². The minimum atomic E-state index is -5.34. The van der Waals surface area contributed by atoms with Crippen molar-refractivity contribution >= 4 is 29.1 Å². The molecule has 3 bridgehead atoms. The highest BCUT2D eigenvalue weighted by atomic mass is 32.2. The van der Waals surface area contributed by atoms with Gasteiger partial charge >= 0.3 is 12.1 Å². The van der Waals surface area contributed by atoms with Crippen LogP contribution in [-0.2, 0) is 4.79 Å². The van der Waals surface area contributed by atoms with Crippen LogP contribution in [-0.4, -0.2) is 47.5 Å². The minimum absolute atomic E-state index is 0.122. The smallest absolute Gasteiger partial charge is 0.416 e. The second-order valence-electron chi connectivity index (χ2n) is 7.34. The van der Waals surface area contributed by atoms with E-state index in [-0.39, 0.29) is 27.4 Å². The predicted molar refractivity (Wildman–Crippen MR) is 95.5 cm³/mol. The molecule has 4 aliphatic heterocycles. The molecular weight excluding hydrogens is 433 g/mol. The van der Waals surface area contributed by atoms with Crippen molar-refractivity contribution in [2.75, 3.05) is 19.5 Å². The molecule has 13 heteroatoms. The van der Waals surface area contributed by atoms with Crippen molar-refractivity contribution in [1.82, 2.24) is 21.2 Å². The van der Waals surface area contributed by atoms with E-state index in [1.165, 1.54) is 0 Å². The molecule has 7 nitrogen and oxygen atoms in total. The Bertz CT molecular complexity index is 1170. The van der Waals surface area contributed by atoms with Crippen LogP contribution in [0.5, 0.6) is 5.75 Å². The second kappa shape index (κ2) is 6.02. The molecule has 1 aromatic carbocycles. The molecule has 2 fully saturated rings. The Morgan fingerprint density at radius 2 is 2.03 bits per heavy atom. The number of rotatable bonds is 2. The molecule has 1 aromatic rings. The Morgan fingerprint density at radius 3 is 2.67 bits per heavy atom. The fraction of sp³-hybridized carbons (Fsp3) is 0.353. The number of halogens is 5. The summed E-state index contributed by atoms with van der Waals surface area (Å²) in [6.45, 7) is 1.24. The average molecular weight is 448 g/mol. The number of benzene rings is 1. The van der Waals surface area contributed by atoms with Crippen LogP contribution in [0.25, 0.3) is 11.4 Å². The lowest BCUT2D eigenvalue weighted by atomic mass is 10.0. The van der Waals surface area contributed by atoms with Gasteiger partial charge in [-0.2, -0.15) is 17.8 Å². The van der Waals surface area contributed by atoms with Gasteiger partial charge in [0.05, 0.1) is 24.3 Å². The van der Waals surface area contributed by atoms with Crippen molar-refractivity contribution in [3.63, 3.8) is 0 Å². The topological polar surface area (TPSA) is 65.6 Å². The molecule has 4 heterocycles. The van der Waals surface area contributed by atoms with E-state index in [9.17, 15) is 18.0 Å². The molecule has 2 saturated heterocycles. The predicted octanol–water partition coefficient (Wildman–Crippen LogP) is 0.175. The Hall–Kier alpha value is -2.51. The van der Waals surface area contributed by atoms with Crippen LogP contribution in [0.3, 0.4) is 0 Å². The van der Waals surface area contributed by atoms with Gasteiger partial charge in [0.1, 0.15) is 18.2 Å². The van der Waals surface area contributed by atoms with Gasteiger partial charge in [0.2, 0.25) is 11.2 Å². The zero-order chi connectivity index (χ0) is 21.6. The largest absolute Gasteiger partial charge is 0.491 e. The Balaban J connectivity index is 1.75. The number of thioether (sulfide) groups is 1. The molecule has 3 N–H and O–H groups in total. The van der Waals surface area contributed by atoms with Gasteiger partial charge in [0, 0.05) is 16.4 Å². The number of carbonyl (C=O) groups excluding carboxylic acids is 1. The normalized spacial score (nSPS) is 28.6. The van der Waals surface area contributed by atoms with Crippen molar-refractivity contribution in [3.8, 4) is 5.75 Å². The number of fused-ring (bicyclic) bond motifs is 3. The van der Waals surface area contributed by atoms with Crippen molar-refractivity contribution in [1.29, 1.82) is 0 Å². The van der Waals surface area contributed by atoms with Crippen molar-refractivity contribution < 1.29 is 36.1 Å². The molecule has 4 aliphatic rings. The van der Waals surface area contributed by atoms with E-state index in [1.807, 2.05) is 13.2 Å². The van der Waals surface area contributed by atoms with Gasteiger partial charge in [-0.15, -0.1) is 0 Å². The highest BCUT2D eigenvalue weighted by Gasteiger charge is 2.58. The summed E-state index contributed by atoms with van der Waals surface area (Å²) in [5, 5.41) is 8.65. The Kier molecular flexibility index (Phi) is 3.90. The molecule has 0 amide bonds. The summed E-state index contributed by atoms with van der Waals surface area (Å²) >= 11 is 1.54. The van der Waals surface area contributed by atoms with Gasteiger partial charge in [-0.25, -0.2) is 13.6 Å². The number of quaternary nitrogens is 1. The van der Waals surface area contributed by atoms with E-state index in [4.69, 9.17) is 0 Å². The van der Waals surface area contributed by atoms with Crippen LogP contribution in [0.1, 0.15) is 5.56 Å².